The van der Waals surface area contributed by atoms with Crippen LogP contribution in [0.5, 0.6) is 5.75 Å². The number of hydrogen-bond acceptors (Lipinski definition) is 2. The van der Waals surface area contributed by atoms with Gasteiger partial charge < -0.3 is 9.64 Å². The van der Waals surface area contributed by atoms with E-state index in [4.69, 9.17) is 16.3 Å². The molecule has 2 aromatic rings. The van der Waals surface area contributed by atoms with Gasteiger partial charge in [-0.1, -0.05) is 29.8 Å². The number of methoxy groups -OCH3 is 1. The van der Waals surface area contributed by atoms with Crippen molar-refractivity contribution in [2.45, 2.75) is 12.8 Å². The lowest BCUT2D eigenvalue weighted by Crippen LogP contribution is -2.12. The van der Waals surface area contributed by atoms with Crippen molar-refractivity contribution < 1.29 is 4.74 Å². The molecule has 2 nitrogen and oxygen atoms in total. The summed E-state index contributed by atoms with van der Waals surface area (Å²) in [6, 6.07) is 14.3. The second-order valence-corrected chi connectivity index (χ2v) is 4.76. The minimum absolute atomic E-state index is 0.497. The van der Waals surface area contributed by atoms with Crippen molar-refractivity contribution in [2.24, 2.45) is 0 Å². The highest BCUT2D eigenvalue weighted by Gasteiger charge is 2.12. The standard InChI is InChI=1S/C16H18ClNO/c1-12-8-9-14(13(10-12)11-17)18(2)15-6-4-5-7-16(15)19-3/h4-10H,11H2,1-3H3. The summed E-state index contributed by atoms with van der Waals surface area (Å²) in [7, 11) is 3.71. The Morgan fingerprint density at radius 3 is 2.53 bits per heavy atom. The molecule has 0 radical (unpaired) electrons. The number of benzene rings is 2. The first-order valence-electron chi connectivity index (χ1n) is 6.19. The maximum absolute atomic E-state index is 6.05. The molecule has 0 aliphatic carbocycles. The SMILES string of the molecule is COc1ccccc1N(C)c1ccc(C)cc1CCl. The molecule has 0 bridgehead atoms. The molecule has 0 aliphatic rings. The normalized spacial score (nSPS) is 10.3. The first-order valence-corrected chi connectivity index (χ1v) is 6.73. The summed E-state index contributed by atoms with van der Waals surface area (Å²) in [5.41, 5.74) is 4.47. The second kappa shape index (κ2) is 5.98. The average molecular weight is 276 g/mol. The Labute approximate surface area is 119 Å². The van der Waals surface area contributed by atoms with Crippen molar-refractivity contribution >= 4 is 23.0 Å². The van der Waals surface area contributed by atoms with Gasteiger partial charge in [-0.15, -0.1) is 11.6 Å². The Kier molecular flexibility index (Phi) is 4.33. The van der Waals surface area contributed by atoms with Crippen molar-refractivity contribution in [1.29, 1.82) is 0 Å². The summed E-state index contributed by atoms with van der Waals surface area (Å²) in [5.74, 6) is 1.35. The summed E-state index contributed by atoms with van der Waals surface area (Å²) in [6.07, 6.45) is 0. The number of para-hydroxylation sites is 2. The number of hydrogen-bond donors (Lipinski definition) is 0. The topological polar surface area (TPSA) is 12.5 Å². The molecule has 2 aromatic carbocycles. The average Bonchev–Trinajstić information content (AvgIpc) is 2.46. The van der Waals surface area contributed by atoms with Gasteiger partial charge in [0.1, 0.15) is 5.75 Å². The zero-order valence-corrected chi connectivity index (χ0v) is 12.2. The van der Waals surface area contributed by atoms with Crippen LogP contribution < -0.4 is 9.64 Å². The first kappa shape index (κ1) is 13.8. The predicted molar refractivity (Wildman–Crippen MR) is 81.8 cm³/mol. The van der Waals surface area contributed by atoms with Gasteiger partial charge >= 0.3 is 0 Å². The van der Waals surface area contributed by atoms with E-state index in [0.717, 1.165) is 22.7 Å². The zero-order valence-electron chi connectivity index (χ0n) is 11.5. The Morgan fingerprint density at radius 1 is 1.11 bits per heavy atom. The second-order valence-electron chi connectivity index (χ2n) is 4.50. The lowest BCUT2D eigenvalue weighted by molar-refractivity contribution is 0.415. The van der Waals surface area contributed by atoms with Crippen molar-refractivity contribution in [1.82, 2.24) is 0 Å². The summed E-state index contributed by atoms with van der Waals surface area (Å²) < 4.78 is 5.41. The van der Waals surface area contributed by atoms with Gasteiger partial charge in [-0.05, 0) is 30.7 Å². The molecule has 0 aromatic heterocycles. The quantitative estimate of drug-likeness (QED) is 0.761. The number of ether oxygens (including phenoxy) is 1. The molecule has 0 aliphatic heterocycles. The Morgan fingerprint density at radius 2 is 1.84 bits per heavy atom. The van der Waals surface area contributed by atoms with Crippen molar-refractivity contribution in [2.75, 3.05) is 19.1 Å². The van der Waals surface area contributed by atoms with Gasteiger partial charge in [0, 0.05) is 18.6 Å². The molecule has 0 atom stereocenters. The van der Waals surface area contributed by atoms with E-state index in [0.29, 0.717) is 5.88 Å². The summed E-state index contributed by atoms with van der Waals surface area (Å²) in [4.78, 5) is 2.11. The molecule has 2 rings (SSSR count). The van der Waals surface area contributed by atoms with Gasteiger partial charge in [0.15, 0.2) is 0 Å². The van der Waals surface area contributed by atoms with Gasteiger partial charge in [-0.3, -0.25) is 0 Å². The molecule has 0 saturated heterocycles. The third-order valence-electron chi connectivity index (χ3n) is 3.19. The molecule has 0 spiro atoms. The number of nitrogens with zero attached hydrogens (tertiary/aromatic N) is 1. The van der Waals surface area contributed by atoms with Crippen molar-refractivity contribution in [3.63, 3.8) is 0 Å². The van der Waals surface area contributed by atoms with E-state index in [1.165, 1.54) is 5.56 Å². The number of alkyl halides is 1. The van der Waals surface area contributed by atoms with Crippen LogP contribution in [0.1, 0.15) is 11.1 Å². The molecule has 0 saturated carbocycles. The fourth-order valence-corrected chi connectivity index (χ4v) is 2.40. The summed E-state index contributed by atoms with van der Waals surface area (Å²) >= 11 is 6.05. The van der Waals surface area contributed by atoms with Gasteiger partial charge in [-0.25, -0.2) is 0 Å². The van der Waals surface area contributed by atoms with Crippen molar-refractivity contribution in [3.05, 3.63) is 53.6 Å². The number of halogens is 1. The maximum Gasteiger partial charge on any atom is 0.142 e. The maximum atomic E-state index is 6.05. The van der Waals surface area contributed by atoms with Crippen LogP contribution in [0, 0.1) is 6.92 Å². The first-order chi connectivity index (χ1) is 9.17. The highest BCUT2D eigenvalue weighted by molar-refractivity contribution is 6.17. The fraction of sp³-hybridized carbons (Fsp3) is 0.250. The molecule has 0 amide bonds. The van der Waals surface area contributed by atoms with E-state index in [2.05, 4.69) is 30.0 Å². The largest absolute Gasteiger partial charge is 0.495 e. The Balaban J connectivity index is 2.46. The van der Waals surface area contributed by atoms with E-state index in [-0.39, 0.29) is 0 Å². The molecule has 100 valence electrons. The minimum Gasteiger partial charge on any atom is -0.495 e. The molecule has 0 fully saturated rings. The summed E-state index contributed by atoms with van der Waals surface area (Å²) in [5, 5.41) is 0. The third-order valence-corrected chi connectivity index (χ3v) is 3.47. The van der Waals surface area contributed by atoms with Gasteiger partial charge in [0.2, 0.25) is 0 Å². The highest BCUT2D eigenvalue weighted by Crippen LogP contribution is 2.34. The molecule has 0 N–H and O–H groups in total. The molecule has 19 heavy (non-hydrogen) atoms. The molecule has 0 unspecified atom stereocenters. The van der Waals surface area contributed by atoms with E-state index in [9.17, 15) is 0 Å². The van der Waals surface area contributed by atoms with Crippen LogP contribution in [0.2, 0.25) is 0 Å². The van der Waals surface area contributed by atoms with Crippen LogP contribution in [-0.2, 0) is 5.88 Å². The molecular weight excluding hydrogens is 258 g/mol. The van der Waals surface area contributed by atoms with Crippen molar-refractivity contribution in [3.8, 4) is 5.75 Å². The zero-order chi connectivity index (χ0) is 13.8. The minimum atomic E-state index is 0.497. The van der Waals surface area contributed by atoms with E-state index >= 15 is 0 Å². The van der Waals surface area contributed by atoms with Gasteiger partial charge in [0.25, 0.3) is 0 Å². The van der Waals surface area contributed by atoms with E-state index < -0.39 is 0 Å². The van der Waals surface area contributed by atoms with Gasteiger partial charge in [0.05, 0.1) is 12.8 Å². The number of anilines is 2. The van der Waals surface area contributed by atoms with Crippen LogP contribution in [-0.4, -0.2) is 14.2 Å². The van der Waals surface area contributed by atoms with E-state index in [1.54, 1.807) is 7.11 Å². The van der Waals surface area contributed by atoms with Crippen LogP contribution in [0.3, 0.4) is 0 Å². The lowest BCUT2D eigenvalue weighted by atomic mass is 10.1. The number of aryl methyl sites for hydroxylation is 1. The Hall–Kier alpha value is -1.67. The highest BCUT2D eigenvalue weighted by atomic mass is 35.5. The predicted octanol–water partition coefficient (Wildman–Crippen LogP) is 4.51. The van der Waals surface area contributed by atoms with Crippen LogP contribution in [0.25, 0.3) is 0 Å². The van der Waals surface area contributed by atoms with Gasteiger partial charge in [-0.2, -0.15) is 0 Å². The molecular formula is C16H18ClNO. The third kappa shape index (κ3) is 2.85. The summed E-state index contributed by atoms with van der Waals surface area (Å²) in [6.45, 7) is 2.07. The Bertz CT molecular complexity index is 568. The van der Waals surface area contributed by atoms with Crippen LogP contribution in [0.4, 0.5) is 11.4 Å². The monoisotopic (exact) mass is 275 g/mol. The van der Waals surface area contributed by atoms with Crippen LogP contribution >= 0.6 is 11.6 Å². The molecule has 0 heterocycles. The lowest BCUT2D eigenvalue weighted by Gasteiger charge is -2.24. The number of rotatable bonds is 4. The van der Waals surface area contributed by atoms with E-state index in [1.807, 2.05) is 31.3 Å². The smallest absolute Gasteiger partial charge is 0.142 e. The molecule has 3 heteroatoms. The van der Waals surface area contributed by atoms with Crippen LogP contribution in [0.15, 0.2) is 42.5 Å². The fourth-order valence-electron chi connectivity index (χ4n) is 2.19.